The van der Waals surface area contributed by atoms with Crippen molar-refractivity contribution in [3.63, 3.8) is 0 Å². The minimum absolute atomic E-state index is 0.0529. The van der Waals surface area contributed by atoms with E-state index in [4.69, 9.17) is 9.47 Å². The molecule has 0 spiro atoms. The number of ether oxygens (including phenoxy) is 2. The van der Waals surface area contributed by atoms with Crippen LogP contribution < -0.4 is 0 Å². The van der Waals surface area contributed by atoms with Crippen LogP contribution >= 0.6 is 0 Å². The average Bonchev–Trinajstić information content (AvgIpc) is 2.88. The fourth-order valence-electron chi connectivity index (χ4n) is 3.33. The summed E-state index contributed by atoms with van der Waals surface area (Å²) in [7, 11) is 0. The van der Waals surface area contributed by atoms with Gasteiger partial charge in [0, 0.05) is 19.3 Å². The molecular weight excluding hydrogens is 468 g/mol. The quantitative estimate of drug-likeness (QED) is 0.0481. The number of hydrogen-bond acceptors (Lipinski definition) is 6. The van der Waals surface area contributed by atoms with E-state index >= 15 is 0 Å². The molecule has 0 unspecified atom stereocenters. The molecule has 0 amide bonds. The van der Waals surface area contributed by atoms with Crippen LogP contribution in [0.25, 0.3) is 0 Å². The summed E-state index contributed by atoms with van der Waals surface area (Å²) >= 11 is 0. The van der Waals surface area contributed by atoms with Crippen molar-refractivity contribution in [2.75, 3.05) is 13.2 Å². The predicted molar refractivity (Wildman–Crippen MR) is 150 cm³/mol. The lowest BCUT2D eigenvalue weighted by Gasteiger charge is -2.12. The second-order valence-electron chi connectivity index (χ2n) is 9.20. The molecule has 0 rings (SSSR count). The fraction of sp³-hybridized carbons (Fsp3) is 0.645. The predicted octanol–water partition coefficient (Wildman–Crippen LogP) is 7.12. The van der Waals surface area contributed by atoms with Gasteiger partial charge in [-0.1, -0.05) is 94.9 Å². The lowest BCUT2D eigenvalue weighted by molar-refractivity contribution is -0.152. The molecule has 0 aromatic rings. The van der Waals surface area contributed by atoms with E-state index in [1.54, 1.807) is 6.08 Å². The zero-order chi connectivity index (χ0) is 27.4. The molecule has 0 aromatic heterocycles. The Kier molecular flexibility index (Phi) is 24.8. The van der Waals surface area contributed by atoms with Gasteiger partial charge in [-0.3, -0.25) is 14.4 Å². The van der Waals surface area contributed by atoms with E-state index in [-0.39, 0.29) is 37.8 Å². The summed E-state index contributed by atoms with van der Waals surface area (Å²) in [6.45, 7) is 3.92. The van der Waals surface area contributed by atoms with Gasteiger partial charge < -0.3 is 14.6 Å². The lowest BCUT2D eigenvalue weighted by atomic mass is 10.1. The first-order valence-corrected chi connectivity index (χ1v) is 14.1. The van der Waals surface area contributed by atoms with Crippen LogP contribution in [0.15, 0.2) is 48.6 Å². The maximum atomic E-state index is 11.9. The SMILES string of the molecule is CCCCC/C=C\C/C=C\C/C=C\C=C\C(=O)CCCC(=O)OC[C@@H](O)COC(=O)CCCCCCC. The van der Waals surface area contributed by atoms with Crippen LogP contribution in [-0.2, 0) is 23.9 Å². The number of aliphatic hydroxyl groups is 1. The highest BCUT2D eigenvalue weighted by atomic mass is 16.6. The minimum atomic E-state index is -1.05. The number of unbranched alkanes of at least 4 members (excludes halogenated alkanes) is 7. The van der Waals surface area contributed by atoms with Crippen molar-refractivity contribution in [2.45, 2.75) is 116 Å². The highest BCUT2D eigenvalue weighted by molar-refractivity contribution is 5.90. The molecular formula is C31H50O6. The van der Waals surface area contributed by atoms with Crippen LogP contribution in [0.4, 0.5) is 0 Å². The molecule has 37 heavy (non-hydrogen) atoms. The summed E-state index contributed by atoms with van der Waals surface area (Å²) in [6, 6.07) is 0. The first-order valence-electron chi connectivity index (χ1n) is 14.1. The molecule has 0 fully saturated rings. The molecule has 0 saturated carbocycles. The fourth-order valence-corrected chi connectivity index (χ4v) is 3.33. The molecule has 0 radical (unpaired) electrons. The molecule has 0 aliphatic carbocycles. The number of hydrogen-bond donors (Lipinski definition) is 1. The number of esters is 2. The Morgan fingerprint density at radius 2 is 1.22 bits per heavy atom. The molecule has 0 aromatic carbocycles. The molecule has 0 saturated heterocycles. The van der Waals surface area contributed by atoms with Crippen LogP contribution in [-0.4, -0.2) is 42.1 Å². The lowest BCUT2D eigenvalue weighted by Crippen LogP contribution is -2.25. The summed E-state index contributed by atoms with van der Waals surface area (Å²) in [5.74, 6) is -0.885. The maximum absolute atomic E-state index is 11.9. The number of carbonyl (C=O) groups excluding carboxylic acids is 3. The zero-order valence-electron chi connectivity index (χ0n) is 23.2. The Morgan fingerprint density at radius 1 is 0.649 bits per heavy atom. The van der Waals surface area contributed by atoms with Gasteiger partial charge in [-0.15, -0.1) is 0 Å². The van der Waals surface area contributed by atoms with Crippen LogP contribution in [0, 0.1) is 0 Å². The monoisotopic (exact) mass is 518 g/mol. The Bertz CT molecular complexity index is 704. The van der Waals surface area contributed by atoms with Crippen LogP contribution in [0.5, 0.6) is 0 Å². The van der Waals surface area contributed by atoms with Crippen LogP contribution in [0.3, 0.4) is 0 Å². The molecule has 210 valence electrons. The third-order valence-electron chi connectivity index (χ3n) is 5.54. The highest BCUT2D eigenvalue weighted by Gasteiger charge is 2.12. The van der Waals surface area contributed by atoms with E-state index in [9.17, 15) is 19.5 Å². The van der Waals surface area contributed by atoms with Gasteiger partial charge in [0.15, 0.2) is 5.78 Å². The van der Waals surface area contributed by atoms with Gasteiger partial charge in [-0.25, -0.2) is 0 Å². The maximum Gasteiger partial charge on any atom is 0.305 e. The molecule has 1 atom stereocenters. The number of aliphatic hydroxyl groups excluding tert-OH is 1. The van der Waals surface area contributed by atoms with Gasteiger partial charge in [0.25, 0.3) is 0 Å². The zero-order valence-corrected chi connectivity index (χ0v) is 23.2. The number of allylic oxidation sites excluding steroid dienone is 8. The molecule has 0 aliphatic heterocycles. The summed E-state index contributed by atoms with van der Waals surface area (Å²) in [5.41, 5.74) is 0. The van der Waals surface area contributed by atoms with Crippen molar-refractivity contribution in [1.29, 1.82) is 0 Å². The Balaban J connectivity index is 3.77. The molecule has 1 N–H and O–H groups in total. The summed E-state index contributed by atoms with van der Waals surface area (Å²) in [5, 5.41) is 9.82. The van der Waals surface area contributed by atoms with E-state index in [2.05, 4.69) is 38.2 Å². The smallest absolute Gasteiger partial charge is 0.305 e. The van der Waals surface area contributed by atoms with Gasteiger partial charge in [0.05, 0.1) is 0 Å². The Labute approximate surface area is 224 Å². The normalized spacial score (nSPS) is 12.7. The van der Waals surface area contributed by atoms with Crippen molar-refractivity contribution >= 4 is 17.7 Å². The second kappa shape index (κ2) is 26.6. The van der Waals surface area contributed by atoms with Crippen molar-refractivity contribution in [1.82, 2.24) is 0 Å². The van der Waals surface area contributed by atoms with Gasteiger partial charge in [-0.05, 0) is 44.6 Å². The standard InChI is InChI=1S/C31H50O6/c1-3-5-7-9-10-11-12-13-14-15-16-18-19-22-28(32)23-21-25-31(35)37-27-29(33)26-36-30(34)24-20-17-8-6-4-2/h10-11,13-14,16,18-19,22,29,33H,3-9,12,15,17,20-21,23-27H2,1-2H3/b11-10-,14-13-,18-16-,22-19+/t29-/m0/s1. The molecule has 0 bridgehead atoms. The highest BCUT2D eigenvalue weighted by Crippen LogP contribution is 2.06. The van der Waals surface area contributed by atoms with Crippen LogP contribution in [0.2, 0.25) is 0 Å². The molecule has 6 nitrogen and oxygen atoms in total. The van der Waals surface area contributed by atoms with Crippen molar-refractivity contribution in [3.05, 3.63) is 48.6 Å². The summed E-state index contributed by atoms with van der Waals surface area (Å²) in [6.07, 6.45) is 27.7. The van der Waals surface area contributed by atoms with E-state index in [0.717, 1.165) is 51.4 Å². The van der Waals surface area contributed by atoms with Gasteiger partial charge in [-0.2, -0.15) is 0 Å². The molecule has 0 aliphatic rings. The largest absolute Gasteiger partial charge is 0.463 e. The summed E-state index contributed by atoms with van der Waals surface area (Å²) in [4.78, 5) is 35.3. The van der Waals surface area contributed by atoms with E-state index in [1.165, 1.54) is 25.3 Å². The second-order valence-corrected chi connectivity index (χ2v) is 9.20. The number of carbonyl (C=O) groups is 3. The topological polar surface area (TPSA) is 89.9 Å². The summed E-state index contributed by atoms with van der Waals surface area (Å²) < 4.78 is 10.0. The third-order valence-corrected chi connectivity index (χ3v) is 5.54. The number of ketones is 1. The van der Waals surface area contributed by atoms with E-state index in [0.29, 0.717) is 12.8 Å². The number of rotatable bonds is 24. The Hall–Kier alpha value is -2.47. The van der Waals surface area contributed by atoms with Crippen molar-refractivity contribution in [3.8, 4) is 0 Å². The van der Waals surface area contributed by atoms with Crippen LogP contribution in [0.1, 0.15) is 110 Å². The van der Waals surface area contributed by atoms with E-state index in [1.807, 2.05) is 12.2 Å². The van der Waals surface area contributed by atoms with Crippen molar-refractivity contribution < 1.29 is 29.0 Å². The van der Waals surface area contributed by atoms with Gasteiger partial charge >= 0.3 is 11.9 Å². The Morgan fingerprint density at radius 3 is 1.89 bits per heavy atom. The molecule has 6 heteroatoms. The van der Waals surface area contributed by atoms with Gasteiger partial charge in [0.1, 0.15) is 19.3 Å². The first kappa shape index (κ1) is 34.5. The third kappa shape index (κ3) is 26.4. The average molecular weight is 519 g/mol. The minimum Gasteiger partial charge on any atom is -0.463 e. The van der Waals surface area contributed by atoms with Crippen molar-refractivity contribution in [2.24, 2.45) is 0 Å². The van der Waals surface area contributed by atoms with E-state index < -0.39 is 12.1 Å². The molecule has 0 heterocycles. The van der Waals surface area contributed by atoms with Gasteiger partial charge in [0.2, 0.25) is 0 Å². The first-order chi connectivity index (χ1) is 18.0.